The minimum atomic E-state index is -0.264. The van der Waals surface area contributed by atoms with Crippen LogP contribution in [0.5, 0.6) is 5.75 Å². The molecule has 1 aromatic heterocycles. The number of carbonyl (C=O) groups is 3. The van der Waals surface area contributed by atoms with Gasteiger partial charge in [-0.25, -0.2) is 0 Å². The van der Waals surface area contributed by atoms with Crippen LogP contribution in [-0.4, -0.2) is 49.4 Å². The van der Waals surface area contributed by atoms with Crippen LogP contribution in [-0.2, 0) is 9.59 Å². The van der Waals surface area contributed by atoms with Gasteiger partial charge in [0.05, 0.1) is 23.6 Å². The molecular weight excluding hydrogens is 414 g/mol. The predicted octanol–water partition coefficient (Wildman–Crippen LogP) is 3.76. The molecule has 2 aliphatic rings. The normalized spacial score (nSPS) is 19.3. The Labute approximate surface area is 186 Å². The maximum atomic E-state index is 13.0. The second kappa shape index (κ2) is 9.51. The van der Waals surface area contributed by atoms with Gasteiger partial charge in [0.15, 0.2) is 0 Å². The largest absolute Gasteiger partial charge is 0.495 e. The van der Waals surface area contributed by atoms with Gasteiger partial charge in [-0.1, -0.05) is 6.07 Å². The van der Waals surface area contributed by atoms with E-state index in [1.54, 1.807) is 35.1 Å². The van der Waals surface area contributed by atoms with Crippen molar-refractivity contribution in [1.82, 2.24) is 4.90 Å². The van der Waals surface area contributed by atoms with E-state index in [2.05, 4.69) is 5.32 Å². The summed E-state index contributed by atoms with van der Waals surface area (Å²) in [4.78, 5) is 42.2. The number of hydrogen-bond donors (Lipinski definition) is 1. The Kier molecular flexibility index (Phi) is 6.56. The van der Waals surface area contributed by atoms with Crippen molar-refractivity contribution < 1.29 is 19.1 Å². The van der Waals surface area contributed by atoms with E-state index in [4.69, 9.17) is 4.74 Å². The Bertz CT molecular complexity index is 960. The number of rotatable bonds is 5. The van der Waals surface area contributed by atoms with Gasteiger partial charge in [-0.05, 0) is 55.3 Å². The standard InChI is InChI=1S/C23H27N3O4S/c1-30-19-10-9-17(14-18(19)26-12-3-2-8-21(26)27)24-22(28)16-6-4-11-25(15-16)23(29)20-7-5-13-31-20/h5,7,9-10,13-14,16H,2-4,6,8,11-12,15H2,1H3,(H,24,28). The highest BCUT2D eigenvalue weighted by Crippen LogP contribution is 2.34. The number of amides is 3. The SMILES string of the molecule is COc1ccc(NC(=O)C2CCCN(C(=O)c3cccs3)C2)cc1N1CCCCC1=O. The van der Waals surface area contributed by atoms with Crippen molar-refractivity contribution in [3.63, 3.8) is 0 Å². The molecule has 2 aromatic rings. The molecule has 1 N–H and O–H groups in total. The van der Waals surface area contributed by atoms with Gasteiger partial charge in [0.1, 0.15) is 5.75 Å². The van der Waals surface area contributed by atoms with E-state index in [1.807, 2.05) is 17.5 Å². The van der Waals surface area contributed by atoms with Crippen LogP contribution in [0, 0.1) is 5.92 Å². The summed E-state index contributed by atoms with van der Waals surface area (Å²) in [6.45, 7) is 1.73. The smallest absolute Gasteiger partial charge is 0.263 e. The number of benzene rings is 1. The van der Waals surface area contributed by atoms with Gasteiger partial charge in [0.25, 0.3) is 5.91 Å². The van der Waals surface area contributed by atoms with Crippen molar-refractivity contribution in [1.29, 1.82) is 0 Å². The first kappa shape index (κ1) is 21.4. The zero-order chi connectivity index (χ0) is 21.8. The molecule has 2 saturated heterocycles. The van der Waals surface area contributed by atoms with E-state index in [-0.39, 0.29) is 23.6 Å². The molecule has 0 saturated carbocycles. The molecule has 0 spiro atoms. The monoisotopic (exact) mass is 441 g/mol. The van der Waals surface area contributed by atoms with Crippen molar-refractivity contribution >= 4 is 40.4 Å². The minimum Gasteiger partial charge on any atom is -0.495 e. The maximum Gasteiger partial charge on any atom is 0.263 e. The lowest BCUT2D eigenvalue weighted by atomic mass is 9.96. The van der Waals surface area contributed by atoms with Gasteiger partial charge >= 0.3 is 0 Å². The predicted molar refractivity (Wildman–Crippen MR) is 121 cm³/mol. The van der Waals surface area contributed by atoms with Crippen LogP contribution in [0.25, 0.3) is 0 Å². The van der Waals surface area contributed by atoms with Crippen molar-refractivity contribution in [2.75, 3.05) is 37.0 Å². The molecular formula is C23H27N3O4S. The average molecular weight is 442 g/mol. The molecule has 2 fully saturated rings. The van der Waals surface area contributed by atoms with Gasteiger partial charge in [0, 0.05) is 31.7 Å². The molecule has 2 aliphatic heterocycles. The van der Waals surface area contributed by atoms with Crippen LogP contribution in [0.4, 0.5) is 11.4 Å². The number of piperidine rings is 2. The van der Waals surface area contributed by atoms with Crippen LogP contribution in [0.3, 0.4) is 0 Å². The van der Waals surface area contributed by atoms with Crippen molar-refractivity contribution in [2.45, 2.75) is 32.1 Å². The Balaban J connectivity index is 1.46. The van der Waals surface area contributed by atoms with Crippen molar-refractivity contribution in [3.05, 3.63) is 40.6 Å². The number of nitrogens with one attached hydrogen (secondary N) is 1. The number of thiophene rings is 1. The lowest BCUT2D eigenvalue weighted by Gasteiger charge is -2.32. The topological polar surface area (TPSA) is 79.0 Å². The Hall–Kier alpha value is -2.87. The van der Waals surface area contributed by atoms with Gasteiger partial charge in [0.2, 0.25) is 11.8 Å². The van der Waals surface area contributed by atoms with E-state index >= 15 is 0 Å². The molecule has 164 valence electrons. The van der Waals surface area contributed by atoms with Gasteiger partial charge in [-0.15, -0.1) is 11.3 Å². The van der Waals surface area contributed by atoms with Gasteiger partial charge in [-0.3, -0.25) is 14.4 Å². The van der Waals surface area contributed by atoms with Gasteiger partial charge in [-0.2, -0.15) is 0 Å². The van der Waals surface area contributed by atoms with Crippen LogP contribution in [0.1, 0.15) is 41.8 Å². The fourth-order valence-corrected chi connectivity index (χ4v) is 4.91. The summed E-state index contributed by atoms with van der Waals surface area (Å²) in [5.41, 5.74) is 1.31. The van der Waals surface area contributed by atoms with Gasteiger partial charge < -0.3 is 19.9 Å². The zero-order valence-corrected chi connectivity index (χ0v) is 18.5. The number of carbonyl (C=O) groups excluding carboxylic acids is 3. The van der Waals surface area contributed by atoms with E-state index in [9.17, 15) is 14.4 Å². The third-order valence-corrected chi connectivity index (χ3v) is 6.73. The summed E-state index contributed by atoms with van der Waals surface area (Å²) in [7, 11) is 1.58. The highest BCUT2D eigenvalue weighted by molar-refractivity contribution is 7.12. The fraction of sp³-hybridized carbons (Fsp3) is 0.435. The van der Waals surface area contributed by atoms with E-state index < -0.39 is 0 Å². The second-order valence-corrected chi connectivity index (χ2v) is 8.89. The fourth-order valence-electron chi connectivity index (χ4n) is 4.22. The molecule has 8 heteroatoms. The third kappa shape index (κ3) is 4.74. The van der Waals surface area contributed by atoms with Crippen molar-refractivity contribution in [2.24, 2.45) is 5.92 Å². The maximum absolute atomic E-state index is 13.0. The Morgan fingerprint density at radius 3 is 2.77 bits per heavy atom. The Morgan fingerprint density at radius 1 is 1.16 bits per heavy atom. The molecule has 31 heavy (non-hydrogen) atoms. The number of likely N-dealkylation sites (tertiary alicyclic amines) is 1. The summed E-state index contributed by atoms with van der Waals surface area (Å²) in [6, 6.07) is 9.04. The summed E-state index contributed by atoms with van der Waals surface area (Å²) in [5, 5.41) is 4.87. The van der Waals surface area contributed by atoms with Crippen LogP contribution >= 0.6 is 11.3 Å². The summed E-state index contributed by atoms with van der Waals surface area (Å²) in [6.07, 6.45) is 3.91. The third-order valence-electron chi connectivity index (χ3n) is 5.87. The molecule has 4 rings (SSSR count). The molecule has 1 aromatic carbocycles. The minimum absolute atomic E-state index is 0.0113. The second-order valence-electron chi connectivity index (χ2n) is 7.95. The number of methoxy groups -OCH3 is 1. The molecule has 3 heterocycles. The lowest BCUT2D eigenvalue weighted by Crippen LogP contribution is -2.43. The lowest BCUT2D eigenvalue weighted by molar-refractivity contribution is -0.121. The first-order chi connectivity index (χ1) is 15.1. The summed E-state index contributed by atoms with van der Waals surface area (Å²) in [5.74, 6) is 0.300. The Morgan fingerprint density at radius 2 is 2.03 bits per heavy atom. The molecule has 7 nitrogen and oxygen atoms in total. The molecule has 1 atom stereocenters. The average Bonchev–Trinajstić information content (AvgIpc) is 3.34. The molecule has 0 radical (unpaired) electrons. The summed E-state index contributed by atoms with van der Waals surface area (Å²) < 4.78 is 5.45. The van der Waals surface area contributed by atoms with Crippen LogP contribution < -0.4 is 15.0 Å². The number of hydrogen-bond acceptors (Lipinski definition) is 5. The van der Waals surface area contributed by atoms with E-state index in [0.29, 0.717) is 48.1 Å². The van der Waals surface area contributed by atoms with Crippen molar-refractivity contribution in [3.8, 4) is 5.75 Å². The molecule has 3 amide bonds. The first-order valence-corrected chi connectivity index (χ1v) is 11.6. The zero-order valence-electron chi connectivity index (χ0n) is 17.6. The molecule has 0 aliphatic carbocycles. The summed E-state index contributed by atoms with van der Waals surface area (Å²) >= 11 is 1.42. The number of ether oxygens (including phenoxy) is 1. The van der Waals surface area contributed by atoms with Crippen LogP contribution in [0.2, 0.25) is 0 Å². The highest BCUT2D eigenvalue weighted by Gasteiger charge is 2.30. The molecule has 1 unspecified atom stereocenters. The highest BCUT2D eigenvalue weighted by atomic mass is 32.1. The van der Waals surface area contributed by atoms with Crippen LogP contribution in [0.15, 0.2) is 35.7 Å². The first-order valence-electron chi connectivity index (χ1n) is 10.7. The number of nitrogens with zero attached hydrogens (tertiary/aromatic N) is 2. The van der Waals surface area contributed by atoms with E-state index in [0.717, 1.165) is 25.7 Å². The number of anilines is 2. The molecule has 0 bridgehead atoms. The van der Waals surface area contributed by atoms with E-state index in [1.165, 1.54) is 11.3 Å². The quantitative estimate of drug-likeness (QED) is 0.766.